The normalized spacial score (nSPS) is 14.0. The average Bonchev–Trinajstić information content (AvgIpc) is 2.07. The summed E-state index contributed by atoms with van der Waals surface area (Å²) >= 11 is 0. The third-order valence-corrected chi connectivity index (χ3v) is 2.50. The van der Waals surface area contributed by atoms with E-state index in [1.807, 2.05) is 33.8 Å². The Morgan fingerprint density at radius 1 is 1.33 bits per heavy atom. The van der Waals surface area contributed by atoms with E-state index in [2.05, 4.69) is 5.43 Å². The van der Waals surface area contributed by atoms with E-state index in [1.165, 1.54) is 6.07 Å². The first-order valence-corrected chi connectivity index (χ1v) is 5.08. The molecule has 1 unspecified atom stereocenters. The Morgan fingerprint density at radius 2 is 1.93 bits per heavy atom. The van der Waals surface area contributed by atoms with Gasteiger partial charge in [0.2, 0.25) is 0 Å². The number of hydrogen-bond donors (Lipinski definition) is 2. The van der Waals surface area contributed by atoms with Crippen molar-refractivity contribution < 1.29 is 4.39 Å². The van der Waals surface area contributed by atoms with Gasteiger partial charge in [0, 0.05) is 5.56 Å². The van der Waals surface area contributed by atoms with Gasteiger partial charge >= 0.3 is 0 Å². The minimum absolute atomic E-state index is 0.120. The minimum atomic E-state index is -0.201. The molecule has 3 heteroatoms. The molecule has 0 fully saturated rings. The molecule has 0 bridgehead atoms. The predicted molar refractivity (Wildman–Crippen MR) is 60.7 cm³/mol. The van der Waals surface area contributed by atoms with Crippen molar-refractivity contribution in [3.63, 3.8) is 0 Å². The summed E-state index contributed by atoms with van der Waals surface area (Å²) in [5.41, 5.74) is 4.10. The summed E-state index contributed by atoms with van der Waals surface area (Å²) in [5.74, 6) is 5.28. The molecule has 1 rings (SSSR count). The van der Waals surface area contributed by atoms with Gasteiger partial charge in [-0.15, -0.1) is 0 Å². The van der Waals surface area contributed by atoms with Crippen molar-refractivity contribution in [1.82, 2.24) is 5.43 Å². The molecule has 1 aromatic carbocycles. The second-order valence-electron chi connectivity index (χ2n) is 4.99. The second kappa shape index (κ2) is 4.29. The fourth-order valence-electron chi connectivity index (χ4n) is 1.67. The molecule has 0 aromatic heterocycles. The molecule has 0 heterocycles. The first-order valence-electron chi connectivity index (χ1n) is 5.08. The van der Waals surface area contributed by atoms with Crippen LogP contribution in [-0.4, -0.2) is 0 Å². The first-order chi connectivity index (χ1) is 6.86. The smallest absolute Gasteiger partial charge is 0.128 e. The fraction of sp³-hybridized carbons (Fsp3) is 0.500. The van der Waals surface area contributed by atoms with Gasteiger partial charge in [0.15, 0.2) is 0 Å². The van der Waals surface area contributed by atoms with Crippen molar-refractivity contribution in [2.24, 2.45) is 11.3 Å². The van der Waals surface area contributed by atoms with Gasteiger partial charge in [0.05, 0.1) is 6.04 Å². The van der Waals surface area contributed by atoms with Crippen molar-refractivity contribution >= 4 is 0 Å². The number of benzene rings is 1. The number of aryl methyl sites for hydroxylation is 1. The van der Waals surface area contributed by atoms with Crippen molar-refractivity contribution in [1.29, 1.82) is 0 Å². The molecule has 0 spiro atoms. The van der Waals surface area contributed by atoms with E-state index < -0.39 is 0 Å². The zero-order valence-electron chi connectivity index (χ0n) is 9.76. The summed E-state index contributed by atoms with van der Waals surface area (Å²) < 4.78 is 13.7. The van der Waals surface area contributed by atoms with E-state index in [0.29, 0.717) is 5.56 Å². The summed E-state index contributed by atoms with van der Waals surface area (Å²) in [6.45, 7) is 7.94. The van der Waals surface area contributed by atoms with Crippen LogP contribution in [-0.2, 0) is 0 Å². The molecule has 1 aromatic rings. The predicted octanol–water partition coefficient (Wildman–Crippen LogP) is 2.68. The van der Waals surface area contributed by atoms with Crippen LogP contribution in [0.5, 0.6) is 0 Å². The van der Waals surface area contributed by atoms with Gasteiger partial charge in [0.1, 0.15) is 5.82 Å². The van der Waals surface area contributed by atoms with E-state index in [9.17, 15) is 4.39 Å². The molecule has 0 aliphatic heterocycles. The summed E-state index contributed by atoms with van der Waals surface area (Å²) in [5, 5.41) is 0. The van der Waals surface area contributed by atoms with Crippen LogP contribution in [0.3, 0.4) is 0 Å². The van der Waals surface area contributed by atoms with Crippen LogP contribution >= 0.6 is 0 Å². The highest BCUT2D eigenvalue weighted by Gasteiger charge is 2.27. The summed E-state index contributed by atoms with van der Waals surface area (Å²) in [6, 6.07) is 5.04. The molecule has 1 atom stereocenters. The van der Waals surface area contributed by atoms with Crippen LogP contribution in [0.4, 0.5) is 4.39 Å². The number of hydrazine groups is 1. The molecule has 0 aliphatic carbocycles. The lowest BCUT2D eigenvalue weighted by atomic mass is 9.82. The number of hydrogen-bond acceptors (Lipinski definition) is 2. The van der Waals surface area contributed by atoms with Crippen molar-refractivity contribution in [2.75, 3.05) is 0 Å². The third kappa shape index (κ3) is 2.76. The van der Waals surface area contributed by atoms with Crippen LogP contribution in [0.2, 0.25) is 0 Å². The number of nitrogens with one attached hydrogen (secondary N) is 1. The van der Waals surface area contributed by atoms with E-state index in [0.717, 1.165) is 5.56 Å². The van der Waals surface area contributed by atoms with Gasteiger partial charge in [-0.3, -0.25) is 11.3 Å². The Labute approximate surface area is 90.6 Å². The quantitative estimate of drug-likeness (QED) is 0.582. The SMILES string of the molecule is Cc1ccc(C(NN)C(C)(C)C)c(F)c1. The van der Waals surface area contributed by atoms with E-state index >= 15 is 0 Å². The Hall–Kier alpha value is -0.930. The molecule has 84 valence electrons. The second-order valence-corrected chi connectivity index (χ2v) is 4.99. The molecule has 0 saturated heterocycles. The molecule has 15 heavy (non-hydrogen) atoms. The number of halogens is 1. The van der Waals surface area contributed by atoms with Gasteiger partial charge in [-0.2, -0.15) is 0 Å². The first kappa shape index (κ1) is 12.1. The topological polar surface area (TPSA) is 38.0 Å². The maximum Gasteiger partial charge on any atom is 0.128 e. The van der Waals surface area contributed by atoms with E-state index in [4.69, 9.17) is 5.84 Å². The molecule has 0 saturated carbocycles. The van der Waals surface area contributed by atoms with Crippen molar-refractivity contribution in [3.8, 4) is 0 Å². The lowest BCUT2D eigenvalue weighted by Crippen LogP contribution is -2.37. The maximum atomic E-state index is 13.7. The van der Waals surface area contributed by atoms with Crippen LogP contribution in [0.25, 0.3) is 0 Å². The van der Waals surface area contributed by atoms with Gasteiger partial charge in [-0.25, -0.2) is 4.39 Å². The molecule has 3 N–H and O–H groups in total. The molecule has 0 amide bonds. The largest absolute Gasteiger partial charge is 0.271 e. The average molecular weight is 210 g/mol. The Balaban J connectivity index is 3.13. The highest BCUT2D eigenvalue weighted by atomic mass is 19.1. The molecular formula is C12H19FN2. The monoisotopic (exact) mass is 210 g/mol. The Kier molecular flexibility index (Phi) is 3.47. The third-order valence-electron chi connectivity index (χ3n) is 2.50. The zero-order chi connectivity index (χ0) is 11.6. The standard InChI is InChI=1S/C12H19FN2/c1-8-5-6-9(10(13)7-8)11(15-14)12(2,3)4/h5-7,11,15H,14H2,1-4H3. The van der Waals surface area contributed by atoms with E-state index in [-0.39, 0.29) is 17.3 Å². The van der Waals surface area contributed by atoms with Crippen LogP contribution in [0.1, 0.15) is 37.9 Å². The summed E-state index contributed by atoms with van der Waals surface area (Å²) in [4.78, 5) is 0. The number of rotatable bonds is 2. The number of nitrogens with two attached hydrogens (primary N) is 1. The van der Waals surface area contributed by atoms with Crippen molar-refractivity contribution in [3.05, 3.63) is 35.1 Å². The highest BCUT2D eigenvalue weighted by Crippen LogP contribution is 2.33. The van der Waals surface area contributed by atoms with Gasteiger partial charge in [0.25, 0.3) is 0 Å². The Morgan fingerprint density at radius 3 is 2.33 bits per heavy atom. The van der Waals surface area contributed by atoms with Gasteiger partial charge < -0.3 is 0 Å². The van der Waals surface area contributed by atoms with Crippen molar-refractivity contribution in [2.45, 2.75) is 33.7 Å². The molecule has 2 nitrogen and oxygen atoms in total. The van der Waals surface area contributed by atoms with E-state index in [1.54, 1.807) is 6.07 Å². The lowest BCUT2D eigenvalue weighted by Gasteiger charge is -2.30. The fourth-order valence-corrected chi connectivity index (χ4v) is 1.67. The van der Waals surface area contributed by atoms with Gasteiger partial charge in [-0.05, 0) is 24.0 Å². The molecule has 0 radical (unpaired) electrons. The molecular weight excluding hydrogens is 191 g/mol. The lowest BCUT2D eigenvalue weighted by molar-refractivity contribution is 0.269. The van der Waals surface area contributed by atoms with Crippen LogP contribution < -0.4 is 11.3 Å². The zero-order valence-corrected chi connectivity index (χ0v) is 9.76. The van der Waals surface area contributed by atoms with Crippen LogP contribution in [0, 0.1) is 18.2 Å². The van der Waals surface area contributed by atoms with Gasteiger partial charge in [-0.1, -0.05) is 32.9 Å². The summed E-state index contributed by atoms with van der Waals surface area (Å²) in [7, 11) is 0. The molecule has 0 aliphatic rings. The van der Waals surface area contributed by atoms with Crippen LogP contribution in [0.15, 0.2) is 18.2 Å². The summed E-state index contributed by atoms with van der Waals surface area (Å²) in [6.07, 6.45) is 0. The Bertz CT molecular complexity index is 342. The maximum absolute atomic E-state index is 13.7. The minimum Gasteiger partial charge on any atom is -0.271 e. The highest BCUT2D eigenvalue weighted by molar-refractivity contribution is 5.27.